The van der Waals surface area contributed by atoms with Crippen molar-refractivity contribution >= 4 is 45.1 Å². The molecule has 1 N–H and O–H groups in total. The first-order valence-corrected chi connectivity index (χ1v) is 16.8. The highest BCUT2D eigenvalue weighted by Gasteiger charge is 2.32. The molecule has 8 bridgehead atoms. The van der Waals surface area contributed by atoms with E-state index in [1.54, 1.807) is 14.2 Å². The molecular formula is C39H36N2O2S2. The van der Waals surface area contributed by atoms with Crippen molar-refractivity contribution in [2.45, 2.75) is 39.0 Å². The Morgan fingerprint density at radius 2 is 1.31 bits per heavy atom. The Morgan fingerprint density at radius 3 is 2.00 bits per heavy atom. The second kappa shape index (κ2) is 11.5. The van der Waals surface area contributed by atoms with E-state index in [4.69, 9.17) is 14.5 Å². The summed E-state index contributed by atoms with van der Waals surface area (Å²) in [6, 6.07) is 30.3. The molecule has 1 atom stereocenters. The first kappa shape index (κ1) is 29.3. The quantitative estimate of drug-likeness (QED) is 0.215. The number of aromatic amines is 1. The van der Waals surface area contributed by atoms with Gasteiger partial charge in [0.05, 0.1) is 31.5 Å². The van der Waals surface area contributed by atoms with Gasteiger partial charge in [-0.3, -0.25) is 4.99 Å². The summed E-state index contributed by atoms with van der Waals surface area (Å²) in [5.41, 5.74) is 10.0. The minimum atomic E-state index is -0.337. The predicted molar refractivity (Wildman–Crippen MR) is 190 cm³/mol. The first-order valence-electron chi connectivity index (χ1n) is 15.1. The third-order valence-corrected chi connectivity index (χ3v) is 11.6. The standard InChI is InChI=1S/C39H36N2O2S2/c1-23-24(2)32-18-20-34(45-32)38(26-9-13-28(43-6)14-10-26)30-16-22-36(41-30)39(3,4)35-21-15-29(40-35)37(33-19-17-31(23)44-33)25-7-11-27(42-5)12-8-25/h7-22,37,40H,1-6H3/b24-23-,38-30-/t37-/m0/s1. The minimum Gasteiger partial charge on any atom is -0.497 e. The number of H-pyrrole nitrogens is 1. The van der Waals surface area contributed by atoms with Gasteiger partial charge in [-0.2, -0.15) is 0 Å². The van der Waals surface area contributed by atoms with Crippen LogP contribution in [0.3, 0.4) is 0 Å². The average Bonchev–Trinajstić information content (AvgIpc) is 3.89. The van der Waals surface area contributed by atoms with Crippen molar-refractivity contribution in [2.75, 3.05) is 14.2 Å². The number of allylic oxidation sites excluding steroid dienone is 4. The van der Waals surface area contributed by atoms with Crippen LogP contribution in [-0.2, 0) is 5.41 Å². The summed E-state index contributed by atoms with van der Waals surface area (Å²) in [5, 5.41) is 0. The van der Waals surface area contributed by atoms with Crippen LogP contribution in [0, 0.1) is 0 Å². The van der Waals surface area contributed by atoms with Gasteiger partial charge < -0.3 is 14.5 Å². The Hall–Kier alpha value is -4.39. The SMILES string of the molecule is COc1ccc(/C2=C3\C=CC(=N3)C(C)(C)c3ccc([nH]3)[C@H](c3ccc(OC)cc3)c3ccc(s3)/C(C)=C(/C)c3ccc2s3)cc1. The molecule has 3 aromatic heterocycles. The highest BCUT2D eigenvalue weighted by atomic mass is 32.1. The van der Waals surface area contributed by atoms with Crippen LogP contribution in [0.15, 0.2) is 108 Å². The molecular weight excluding hydrogens is 593 g/mol. The third-order valence-electron chi connectivity index (χ3n) is 9.12. The molecule has 0 fully saturated rings. The van der Waals surface area contributed by atoms with Crippen LogP contribution in [0.2, 0.25) is 0 Å². The number of methoxy groups -OCH3 is 2. The lowest BCUT2D eigenvalue weighted by Crippen LogP contribution is -2.27. The number of thiophene rings is 2. The molecule has 0 amide bonds. The van der Waals surface area contributed by atoms with Crippen LogP contribution in [0.25, 0.3) is 16.7 Å². The van der Waals surface area contributed by atoms with E-state index in [0.29, 0.717) is 0 Å². The Kier molecular flexibility index (Phi) is 7.50. The maximum absolute atomic E-state index is 5.48. The summed E-state index contributed by atoms with van der Waals surface area (Å²) in [7, 11) is 3.41. The molecule has 0 spiro atoms. The molecule has 226 valence electrons. The van der Waals surface area contributed by atoms with Gasteiger partial charge in [0.2, 0.25) is 0 Å². The van der Waals surface area contributed by atoms with Crippen molar-refractivity contribution in [3.63, 3.8) is 0 Å². The molecule has 0 saturated carbocycles. The zero-order valence-corrected chi connectivity index (χ0v) is 28.0. The van der Waals surface area contributed by atoms with Crippen molar-refractivity contribution in [1.29, 1.82) is 0 Å². The fourth-order valence-corrected chi connectivity index (χ4v) is 8.51. The fourth-order valence-electron chi connectivity index (χ4n) is 6.15. The highest BCUT2D eigenvalue weighted by molar-refractivity contribution is 7.15. The Morgan fingerprint density at radius 1 is 0.689 bits per heavy atom. The van der Waals surface area contributed by atoms with E-state index in [1.807, 2.05) is 34.8 Å². The first-order chi connectivity index (χ1) is 21.8. The maximum atomic E-state index is 5.48. The third kappa shape index (κ3) is 5.22. The normalized spacial score (nSPS) is 20.6. The van der Waals surface area contributed by atoms with Crippen LogP contribution in [0.5, 0.6) is 11.5 Å². The number of aliphatic imine (C=N–C) groups is 1. The fraction of sp³-hybridized carbons (Fsp3) is 0.205. The summed E-state index contributed by atoms with van der Waals surface area (Å²) in [4.78, 5) is 14.2. The van der Waals surface area contributed by atoms with E-state index in [-0.39, 0.29) is 11.3 Å². The van der Waals surface area contributed by atoms with Gasteiger partial charge >= 0.3 is 0 Å². The maximum Gasteiger partial charge on any atom is 0.118 e. The van der Waals surface area contributed by atoms with Crippen molar-refractivity contribution < 1.29 is 9.47 Å². The van der Waals surface area contributed by atoms with Crippen molar-refractivity contribution in [1.82, 2.24) is 4.98 Å². The van der Waals surface area contributed by atoms with E-state index >= 15 is 0 Å². The molecule has 0 saturated heterocycles. The van der Waals surface area contributed by atoms with Crippen LogP contribution < -0.4 is 9.47 Å². The number of ether oxygens (including phenoxy) is 2. The molecule has 2 aromatic carbocycles. The Bertz CT molecular complexity index is 2010. The van der Waals surface area contributed by atoms with E-state index in [2.05, 4.69) is 118 Å². The van der Waals surface area contributed by atoms with Crippen LogP contribution in [-0.4, -0.2) is 24.9 Å². The molecule has 5 heterocycles. The van der Waals surface area contributed by atoms with Gasteiger partial charge in [-0.15, -0.1) is 22.7 Å². The van der Waals surface area contributed by atoms with Gasteiger partial charge in [-0.1, -0.05) is 24.3 Å². The number of hydrogen-bond acceptors (Lipinski definition) is 5. The molecule has 0 radical (unpaired) electrons. The molecule has 6 heteroatoms. The summed E-state index contributed by atoms with van der Waals surface area (Å²) < 4.78 is 11.0. The molecule has 0 aliphatic carbocycles. The zero-order valence-electron chi connectivity index (χ0n) is 26.4. The minimum absolute atomic E-state index is 0.0644. The lowest BCUT2D eigenvalue weighted by molar-refractivity contribution is 0.414. The van der Waals surface area contributed by atoms with Crippen molar-refractivity contribution in [3.8, 4) is 11.5 Å². The monoisotopic (exact) mass is 628 g/mol. The second-order valence-corrected chi connectivity index (χ2v) is 14.3. The van der Waals surface area contributed by atoms with Crippen LogP contribution in [0.4, 0.5) is 0 Å². The zero-order chi connectivity index (χ0) is 31.3. The largest absolute Gasteiger partial charge is 0.497 e. The Balaban J connectivity index is 1.45. The molecule has 2 aliphatic rings. The summed E-state index contributed by atoms with van der Waals surface area (Å²) >= 11 is 3.70. The second-order valence-electron chi connectivity index (χ2n) is 12.1. The summed E-state index contributed by atoms with van der Waals surface area (Å²) in [6.07, 6.45) is 4.35. The van der Waals surface area contributed by atoms with E-state index in [9.17, 15) is 0 Å². The topological polar surface area (TPSA) is 46.6 Å². The summed E-state index contributed by atoms with van der Waals surface area (Å²) in [6.45, 7) is 8.99. The smallest absolute Gasteiger partial charge is 0.118 e. The van der Waals surface area contributed by atoms with Gasteiger partial charge in [0, 0.05) is 41.9 Å². The number of nitrogens with zero attached hydrogens (tertiary/aromatic N) is 1. The number of rotatable bonds is 4. The van der Waals surface area contributed by atoms with E-state index in [1.165, 1.54) is 41.9 Å². The molecule has 2 aliphatic heterocycles. The molecule has 0 unspecified atom stereocenters. The lowest BCUT2D eigenvalue weighted by Gasteiger charge is -2.23. The van der Waals surface area contributed by atoms with Gasteiger partial charge in [0.25, 0.3) is 0 Å². The Labute approximate surface area is 273 Å². The van der Waals surface area contributed by atoms with Gasteiger partial charge in [-0.25, -0.2) is 0 Å². The number of benzene rings is 2. The molecule has 7 rings (SSSR count). The van der Waals surface area contributed by atoms with Crippen molar-refractivity contribution in [3.05, 3.63) is 145 Å². The number of hydrogen-bond donors (Lipinski definition) is 1. The predicted octanol–water partition coefficient (Wildman–Crippen LogP) is 10.3. The number of aromatic nitrogens is 1. The van der Waals surface area contributed by atoms with Crippen LogP contribution >= 0.6 is 22.7 Å². The lowest BCUT2D eigenvalue weighted by atomic mass is 9.84. The summed E-state index contributed by atoms with van der Waals surface area (Å²) in [5.74, 6) is 1.76. The molecule has 4 nitrogen and oxygen atoms in total. The van der Waals surface area contributed by atoms with Gasteiger partial charge in [0.1, 0.15) is 11.5 Å². The number of nitrogens with one attached hydrogen (secondary N) is 1. The van der Waals surface area contributed by atoms with Crippen molar-refractivity contribution in [2.24, 2.45) is 4.99 Å². The number of fused-ring (bicyclic) bond motifs is 7. The highest BCUT2D eigenvalue weighted by Crippen LogP contribution is 2.43. The average molecular weight is 629 g/mol. The van der Waals surface area contributed by atoms with E-state index < -0.39 is 0 Å². The van der Waals surface area contributed by atoms with Gasteiger partial charge in [0.15, 0.2) is 0 Å². The van der Waals surface area contributed by atoms with E-state index in [0.717, 1.165) is 39.7 Å². The van der Waals surface area contributed by atoms with Gasteiger partial charge in [-0.05, 0) is 123 Å². The molecule has 45 heavy (non-hydrogen) atoms. The molecule has 5 aromatic rings. The van der Waals surface area contributed by atoms with Crippen LogP contribution in [0.1, 0.15) is 75.6 Å².